The second kappa shape index (κ2) is 6.85. The third-order valence-electron chi connectivity index (χ3n) is 3.02. The fraction of sp³-hybridized carbons (Fsp3) is 0.0625. The van der Waals surface area contributed by atoms with Gasteiger partial charge in [-0.15, -0.1) is 10.2 Å². The molecule has 0 radical (unpaired) electrons. The first-order chi connectivity index (χ1) is 11.2. The van der Waals surface area contributed by atoms with Crippen LogP contribution in [0.3, 0.4) is 0 Å². The van der Waals surface area contributed by atoms with Gasteiger partial charge >= 0.3 is 0 Å². The fourth-order valence-electron chi connectivity index (χ4n) is 1.86. The maximum Gasteiger partial charge on any atom is 0.284 e. The van der Waals surface area contributed by atoms with Crippen LogP contribution in [0.2, 0.25) is 5.02 Å². The quantitative estimate of drug-likeness (QED) is 0.655. The molecule has 5 nitrogen and oxygen atoms in total. The Kier molecular flexibility index (Phi) is 4.64. The summed E-state index contributed by atoms with van der Waals surface area (Å²) in [4.78, 5) is 12.2. The van der Waals surface area contributed by atoms with Gasteiger partial charge in [-0.3, -0.25) is 4.79 Å². The largest absolute Gasteiger partial charge is 0.497 e. The number of ether oxygens (including phenoxy) is 1. The van der Waals surface area contributed by atoms with Crippen molar-refractivity contribution in [2.75, 3.05) is 7.11 Å². The Balaban J connectivity index is 1.76. The Morgan fingerprint density at radius 2 is 1.87 bits per heavy atom. The number of carbonyl (C=O) groups excluding carboxylic acids is 1. The minimum Gasteiger partial charge on any atom is -0.497 e. The molecule has 0 unspecified atom stereocenters. The first-order valence-corrected chi connectivity index (χ1v) is 7.81. The summed E-state index contributed by atoms with van der Waals surface area (Å²) in [7, 11) is 1.57. The van der Waals surface area contributed by atoms with Crippen molar-refractivity contribution in [3.05, 3.63) is 59.1 Å². The molecule has 1 aromatic heterocycles. The predicted octanol–water partition coefficient (Wildman–Crippen LogP) is 4.33. The van der Waals surface area contributed by atoms with E-state index < -0.39 is 0 Å². The smallest absolute Gasteiger partial charge is 0.284 e. The van der Waals surface area contributed by atoms with Crippen molar-refractivity contribution in [2.24, 2.45) is 0 Å². The SMILES string of the molecule is COc1ccc(C(=O)Sc2nnc(-c3ccccc3Cl)o2)cc1. The molecule has 0 aliphatic rings. The van der Waals surface area contributed by atoms with Gasteiger partial charge < -0.3 is 9.15 Å². The molecule has 0 atom stereocenters. The summed E-state index contributed by atoms with van der Waals surface area (Å²) < 4.78 is 10.6. The van der Waals surface area contributed by atoms with Crippen LogP contribution < -0.4 is 4.74 Å². The van der Waals surface area contributed by atoms with Crippen molar-refractivity contribution in [2.45, 2.75) is 5.22 Å². The summed E-state index contributed by atoms with van der Waals surface area (Å²) in [5, 5.41) is 8.29. The first kappa shape index (κ1) is 15.6. The highest BCUT2D eigenvalue weighted by Gasteiger charge is 2.16. The van der Waals surface area contributed by atoms with Gasteiger partial charge in [-0.05, 0) is 36.4 Å². The van der Waals surface area contributed by atoms with Crippen molar-refractivity contribution in [3.8, 4) is 17.2 Å². The van der Waals surface area contributed by atoms with Crippen LogP contribution >= 0.6 is 23.4 Å². The second-order valence-electron chi connectivity index (χ2n) is 4.47. The van der Waals surface area contributed by atoms with Crippen LogP contribution in [0.4, 0.5) is 0 Å². The van der Waals surface area contributed by atoms with Crippen LogP contribution in [-0.2, 0) is 0 Å². The summed E-state index contributed by atoms with van der Waals surface area (Å²) in [5.74, 6) is 0.964. The number of benzene rings is 2. The minimum absolute atomic E-state index is 0.167. The number of halogens is 1. The van der Waals surface area contributed by atoms with E-state index in [0.717, 1.165) is 11.8 Å². The Bertz CT molecular complexity index is 833. The van der Waals surface area contributed by atoms with E-state index in [-0.39, 0.29) is 16.2 Å². The number of hydrogen-bond acceptors (Lipinski definition) is 6. The molecule has 3 rings (SSSR count). The highest BCUT2D eigenvalue weighted by molar-refractivity contribution is 8.14. The van der Waals surface area contributed by atoms with Gasteiger partial charge in [0.15, 0.2) is 0 Å². The fourth-order valence-corrected chi connectivity index (χ4v) is 2.69. The van der Waals surface area contributed by atoms with Crippen molar-refractivity contribution in [1.82, 2.24) is 10.2 Å². The summed E-state index contributed by atoms with van der Waals surface area (Å²) in [5.41, 5.74) is 1.15. The van der Waals surface area contributed by atoms with Gasteiger partial charge in [0.2, 0.25) is 11.0 Å². The van der Waals surface area contributed by atoms with Crippen LogP contribution in [0.1, 0.15) is 10.4 Å². The van der Waals surface area contributed by atoms with E-state index in [2.05, 4.69) is 10.2 Å². The standard InChI is InChI=1S/C16H11ClN2O3S/c1-21-11-8-6-10(7-9-11)15(20)23-16-19-18-14(22-16)12-4-2-3-5-13(12)17/h2-9H,1H3. The van der Waals surface area contributed by atoms with Gasteiger partial charge in [0.05, 0.1) is 17.7 Å². The zero-order valence-electron chi connectivity index (χ0n) is 12.0. The molecule has 0 amide bonds. The minimum atomic E-state index is -0.193. The average molecular weight is 347 g/mol. The molecule has 0 saturated carbocycles. The molecule has 0 aliphatic carbocycles. The number of methoxy groups -OCH3 is 1. The monoisotopic (exact) mass is 346 g/mol. The molecule has 0 spiro atoms. The summed E-state index contributed by atoms with van der Waals surface area (Å²) in [6.45, 7) is 0. The van der Waals surface area contributed by atoms with Crippen LogP contribution in [0.15, 0.2) is 58.2 Å². The number of aromatic nitrogens is 2. The second-order valence-corrected chi connectivity index (χ2v) is 5.80. The number of carbonyl (C=O) groups is 1. The highest BCUT2D eigenvalue weighted by Crippen LogP contribution is 2.30. The normalized spacial score (nSPS) is 10.5. The van der Waals surface area contributed by atoms with E-state index >= 15 is 0 Å². The lowest BCUT2D eigenvalue weighted by Crippen LogP contribution is -1.93. The molecule has 0 N–H and O–H groups in total. The van der Waals surface area contributed by atoms with E-state index in [1.165, 1.54) is 0 Å². The van der Waals surface area contributed by atoms with Gasteiger partial charge in [0, 0.05) is 17.3 Å². The van der Waals surface area contributed by atoms with Gasteiger partial charge in [0.1, 0.15) is 5.75 Å². The molecule has 7 heteroatoms. The molecular formula is C16H11ClN2O3S. The lowest BCUT2D eigenvalue weighted by Gasteiger charge is -2.00. The molecular weight excluding hydrogens is 336 g/mol. The van der Waals surface area contributed by atoms with Gasteiger partial charge in [0.25, 0.3) is 5.22 Å². The Labute approximate surface area is 141 Å². The Morgan fingerprint density at radius 3 is 2.57 bits per heavy atom. The lowest BCUT2D eigenvalue weighted by atomic mass is 10.2. The van der Waals surface area contributed by atoms with Crippen LogP contribution in [0.25, 0.3) is 11.5 Å². The van der Waals surface area contributed by atoms with E-state index in [0.29, 0.717) is 21.9 Å². The molecule has 0 aliphatic heterocycles. The third-order valence-corrected chi connectivity index (χ3v) is 4.11. The highest BCUT2D eigenvalue weighted by atomic mass is 35.5. The van der Waals surface area contributed by atoms with Crippen molar-refractivity contribution in [3.63, 3.8) is 0 Å². The third kappa shape index (κ3) is 3.55. The summed E-state index contributed by atoms with van der Waals surface area (Å²) >= 11 is 6.95. The predicted molar refractivity (Wildman–Crippen MR) is 87.9 cm³/mol. The summed E-state index contributed by atoms with van der Waals surface area (Å²) in [6.07, 6.45) is 0. The van der Waals surface area contributed by atoms with Gasteiger partial charge in [-0.1, -0.05) is 23.7 Å². The molecule has 23 heavy (non-hydrogen) atoms. The lowest BCUT2D eigenvalue weighted by molar-refractivity contribution is 0.108. The number of rotatable bonds is 4. The van der Waals surface area contributed by atoms with Gasteiger partial charge in [-0.2, -0.15) is 0 Å². The zero-order chi connectivity index (χ0) is 16.2. The average Bonchev–Trinajstić information content (AvgIpc) is 3.03. The first-order valence-electron chi connectivity index (χ1n) is 6.62. The molecule has 0 saturated heterocycles. The van der Waals surface area contributed by atoms with Gasteiger partial charge in [-0.25, -0.2) is 0 Å². The zero-order valence-corrected chi connectivity index (χ0v) is 13.6. The molecule has 0 bridgehead atoms. The van der Waals surface area contributed by atoms with Crippen LogP contribution in [0.5, 0.6) is 5.75 Å². The van der Waals surface area contributed by atoms with Crippen molar-refractivity contribution in [1.29, 1.82) is 0 Å². The molecule has 2 aromatic carbocycles. The maximum atomic E-state index is 12.2. The van der Waals surface area contributed by atoms with Crippen LogP contribution in [-0.4, -0.2) is 22.4 Å². The number of nitrogens with zero attached hydrogens (tertiary/aromatic N) is 2. The van der Waals surface area contributed by atoms with Crippen molar-refractivity contribution >= 4 is 28.5 Å². The molecule has 0 fully saturated rings. The van der Waals surface area contributed by atoms with Crippen molar-refractivity contribution < 1.29 is 13.9 Å². The maximum absolute atomic E-state index is 12.2. The topological polar surface area (TPSA) is 65.2 Å². The van der Waals surface area contributed by atoms with E-state index in [9.17, 15) is 4.79 Å². The van der Waals surface area contributed by atoms with Crippen LogP contribution in [0, 0.1) is 0 Å². The van der Waals surface area contributed by atoms with E-state index in [4.69, 9.17) is 20.8 Å². The van der Waals surface area contributed by atoms with E-state index in [1.54, 1.807) is 43.5 Å². The Morgan fingerprint density at radius 1 is 1.13 bits per heavy atom. The molecule has 3 aromatic rings. The number of thioether (sulfide) groups is 1. The Hall–Kier alpha value is -2.31. The molecule has 116 valence electrons. The molecule has 1 heterocycles. The van der Waals surface area contributed by atoms with E-state index in [1.807, 2.05) is 12.1 Å². The summed E-state index contributed by atoms with van der Waals surface area (Å²) in [6, 6.07) is 13.9. The number of hydrogen-bond donors (Lipinski definition) is 0.